The number of rotatable bonds is 7. The van der Waals surface area contributed by atoms with E-state index in [1.807, 2.05) is 30.3 Å². The maximum atomic E-state index is 12.5. The van der Waals surface area contributed by atoms with E-state index in [1.165, 1.54) is 0 Å². The Morgan fingerprint density at radius 1 is 1.18 bits per heavy atom. The molecule has 0 spiro atoms. The van der Waals surface area contributed by atoms with Gasteiger partial charge in [-0.25, -0.2) is 0 Å². The molecule has 0 unspecified atom stereocenters. The Hall–Kier alpha value is -2.73. The van der Waals surface area contributed by atoms with Crippen LogP contribution in [0, 0.1) is 5.92 Å². The van der Waals surface area contributed by atoms with Gasteiger partial charge in [0.1, 0.15) is 0 Å². The molecule has 2 aromatic carbocycles. The van der Waals surface area contributed by atoms with Crippen LogP contribution in [0.4, 0.5) is 5.69 Å². The smallest absolute Gasteiger partial charge is 0.227 e. The Bertz CT molecular complexity index is 871. The third-order valence-corrected chi connectivity index (χ3v) is 5.12. The van der Waals surface area contributed by atoms with E-state index in [9.17, 15) is 9.59 Å². The first-order valence-electron chi connectivity index (χ1n) is 9.07. The Labute approximate surface area is 169 Å². The monoisotopic (exact) mass is 402 g/mol. The van der Waals surface area contributed by atoms with Crippen molar-refractivity contribution in [1.29, 1.82) is 0 Å². The second-order valence-corrected chi connectivity index (χ2v) is 6.99. The molecule has 148 valence electrons. The zero-order valence-corrected chi connectivity index (χ0v) is 16.7. The number of methoxy groups -OCH3 is 2. The van der Waals surface area contributed by atoms with Gasteiger partial charge in [0, 0.05) is 19.5 Å². The minimum absolute atomic E-state index is 0.0897. The normalized spacial score (nSPS) is 16.2. The van der Waals surface area contributed by atoms with Gasteiger partial charge in [0.05, 0.1) is 30.8 Å². The van der Waals surface area contributed by atoms with Crippen LogP contribution in [0.25, 0.3) is 0 Å². The van der Waals surface area contributed by atoms with E-state index in [2.05, 4.69) is 5.32 Å². The first-order valence-corrected chi connectivity index (χ1v) is 9.44. The first-order chi connectivity index (χ1) is 13.5. The molecule has 28 heavy (non-hydrogen) atoms. The summed E-state index contributed by atoms with van der Waals surface area (Å²) in [5.41, 5.74) is 1.67. The van der Waals surface area contributed by atoms with Crippen molar-refractivity contribution in [2.75, 3.05) is 32.2 Å². The molecular weight excluding hydrogens is 380 g/mol. The largest absolute Gasteiger partial charge is 0.493 e. The molecule has 1 N–H and O–H groups in total. The van der Waals surface area contributed by atoms with Gasteiger partial charge >= 0.3 is 0 Å². The van der Waals surface area contributed by atoms with Crippen molar-refractivity contribution < 1.29 is 19.1 Å². The highest BCUT2D eigenvalue weighted by Gasteiger charge is 2.35. The van der Waals surface area contributed by atoms with Crippen molar-refractivity contribution in [2.45, 2.75) is 12.8 Å². The summed E-state index contributed by atoms with van der Waals surface area (Å²) >= 11 is 6.18. The highest BCUT2D eigenvalue weighted by molar-refractivity contribution is 6.33. The number of nitrogens with zero attached hydrogens (tertiary/aromatic N) is 1. The summed E-state index contributed by atoms with van der Waals surface area (Å²) in [6, 6.07) is 12.8. The summed E-state index contributed by atoms with van der Waals surface area (Å²) in [6.07, 6.45) is 0.842. The van der Waals surface area contributed by atoms with Gasteiger partial charge in [-0.15, -0.1) is 0 Å². The molecule has 1 saturated heterocycles. The van der Waals surface area contributed by atoms with Crippen molar-refractivity contribution in [3.05, 3.63) is 53.1 Å². The fraction of sp³-hybridized carbons (Fsp3) is 0.333. The van der Waals surface area contributed by atoms with Gasteiger partial charge < -0.3 is 19.7 Å². The zero-order valence-electron chi connectivity index (χ0n) is 15.9. The highest BCUT2D eigenvalue weighted by atomic mass is 35.5. The van der Waals surface area contributed by atoms with Crippen molar-refractivity contribution in [2.24, 2.45) is 5.92 Å². The van der Waals surface area contributed by atoms with E-state index in [4.69, 9.17) is 21.1 Å². The van der Waals surface area contributed by atoms with Crippen LogP contribution in [-0.4, -0.2) is 39.1 Å². The average Bonchev–Trinajstić information content (AvgIpc) is 3.09. The molecule has 3 rings (SSSR count). The van der Waals surface area contributed by atoms with Crippen molar-refractivity contribution >= 4 is 29.1 Å². The summed E-state index contributed by atoms with van der Waals surface area (Å²) in [7, 11) is 3.18. The van der Waals surface area contributed by atoms with Gasteiger partial charge in [-0.1, -0.05) is 29.8 Å². The van der Waals surface area contributed by atoms with Crippen LogP contribution < -0.4 is 19.7 Å². The lowest BCUT2D eigenvalue weighted by Crippen LogP contribution is -2.34. The van der Waals surface area contributed by atoms with Gasteiger partial charge in [0.25, 0.3) is 0 Å². The third kappa shape index (κ3) is 4.39. The Kier molecular flexibility index (Phi) is 6.41. The lowest BCUT2D eigenvalue weighted by Gasteiger charge is -2.18. The summed E-state index contributed by atoms with van der Waals surface area (Å²) in [6.45, 7) is 0.815. The van der Waals surface area contributed by atoms with Crippen LogP contribution in [0.2, 0.25) is 5.02 Å². The predicted octanol–water partition coefficient (Wildman–Crippen LogP) is 3.07. The number of para-hydroxylation sites is 1. The quantitative estimate of drug-likeness (QED) is 0.772. The van der Waals surface area contributed by atoms with E-state index in [0.29, 0.717) is 41.7 Å². The molecule has 1 heterocycles. The van der Waals surface area contributed by atoms with Crippen molar-refractivity contribution in [3.8, 4) is 11.5 Å². The molecule has 0 aromatic heterocycles. The number of benzene rings is 2. The molecule has 1 fully saturated rings. The van der Waals surface area contributed by atoms with Crippen LogP contribution in [0.15, 0.2) is 42.5 Å². The molecule has 1 atom stereocenters. The number of halogens is 1. The van der Waals surface area contributed by atoms with E-state index in [1.54, 1.807) is 31.3 Å². The average molecular weight is 403 g/mol. The first kappa shape index (κ1) is 20.0. The van der Waals surface area contributed by atoms with E-state index in [0.717, 1.165) is 5.56 Å². The SMILES string of the molecule is COc1ccc(CCNC(=O)[C@@H]2CC(=O)N(c3ccccc3Cl)C2)cc1OC. The van der Waals surface area contributed by atoms with Crippen LogP contribution in [0.1, 0.15) is 12.0 Å². The summed E-state index contributed by atoms with van der Waals surface area (Å²) in [5, 5.41) is 3.43. The number of hydrogen-bond acceptors (Lipinski definition) is 4. The van der Waals surface area contributed by atoms with Gasteiger partial charge in [-0.2, -0.15) is 0 Å². The Balaban J connectivity index is 1.55. The van der Waals surface area contributed by atoms with Crippen LogP contribution in [0.3, 0.4) is 0 Å². The molecule has 0 bridgehead atoms. The minimum Gasteiger partial charge on any atom is -0.493 e. The van der Waals surface area contributed by atoms with Crippen molar-refractivity contribution in [1.82, 2.24) is 5.32 Å². The molecule has 0 radical (unpaired) electrons. The maximum Gasteiger partial charge on any atom is 0.227 e. The second kappa shape index (κ2) is 8.97. The number of carbonyl (C=O) groups is 2. The second-order valence-electron chi connectivity index (χ2n) is 6.59. The fourth-order valence-corrected chi connectivity index (χ4v) is 3.53. The lowest BCUT2D eigenvalue weighted by molar-refractivity contribution is -0.126. The van der Waals surface area contributed by atoms with Gasteiger partial charge in [0.2, 0.25) is 11.8 Å². The number of nitrogens with one attached hydrogen (secondary N) is 1. The minimum atomic E-state index is -0.380. The topological polar surface area (TPSA) is 67.9 Å². The number of anilines is 1. The van der Waals surface area contributed by atoms with Crippen LogP contribution in [0.5, 0.6) is 11.5 Å². The Morgan fingerprint density at radius 3 is 2.64 bits per heavy atom. The Morgan fingerprint density at radius 2 is 1.93 bits per heavy atom. The zero-order chi connectivity index (χ0) is 20.1. The number of carbonyl (C=O) groups excluding carboxylic acids is 2. The molecule has 2 amide bonds. The summed E-state index contributed by atoms with van der Waals surface area (Å²) in [5.74, 6) is 0.730. The van der Waals surface area contributed by atoms with E-state index in [-0.39, 0.29) is 24.2 Å². The standard InChI is InChI=1S/C21H23ClN2O4/c1-27-18-8-7-14(11-19(18)28-2)9-10-23-21(26)15-12-20(25)24(13-15)17-6-4-3-5-16(17)22/h3-8,11,15H,9-10,12-13H2,1-2H3,(H,23,26)/t15-/m1/s1. The molecule has 1 aliphatic heterocycles. The highest BCUT2D eigenvalue weighted by Crippen LogP contribution is 2.31. The van der Waals surface area contributed by atoms with Gasteiger partial charge in [0.15, 0.2) is 11.5 Å². The maximum absolute atomic E-state index is 12.5. The van der Waals surface area contributed by atoms with Gasteiger partial charge in [-0.05, 0) is 36.2 Å². The molecule has 0 aliphatic carbocycles. The third-order valence-electron chi connectivity index (χ3n) is 4.80. The summed E-state index contributed by atoms with van der Waals surface area (Å²) < 4.78 is 10.5. The molecule has 2 aromatic rings. The molecule has 0 saturated carbocycles. The van der Waals surface area contributed by atoms with E-state index >= 15 is 0 Å². The number of amides is 2. The van der Waals surface area contributed by atoms with E-state index < -0.39 is 0 Å². The molecular formula is C21H23ClN2O4. The van der Waals surface area contributed by atoms with Gasteiger partial charge in [-0.3, -0.25) is 9.59 Å². The van der Waals surface area contributed by atoms with Crippen molar-refractivity contribution in [3.63, 3.8) is 0 Å². The molecule has 6 nitrogen and oxygen atoms in total. The molecule has 7 heteroatoms. The lowest BCUT2D eigenvalue weighted by atomic mass is 10.1. The van der Waals surface area contributed by atoms with Crippen LogP contribution in [-0.2, 0) is 16.0 Å². The summed E-state index contributed by atoms with van der Waals surface area (Å²) in [4.78, 5) is 26.4. The molecule has 1 aliphatic rings. The number of hydrogen-bond donors (Lipinski definition) is 1. The predicted molar refractivity (Wildman–Crippen MR) is 108 cm³/mol. The number of ether oxygens (including phenoxy) is 2. The van der Waals surface area contributed by atoms with Crippen LogP contribution >= 0.6 is 11.6 Å². The fourth-order valence-electron chi connectivity index (χ4n) is 3.30.